The Morgan fingerprint density at radius 3 is 2.35 bits per heavy atom. The fourth-order valence-corrected chi connectivity index (χ4v) is 4.01. The molecule has 1 aromatic rings. The molecule has 1 amide bonds. The molecule has 2 N–H and O–H groups in total. The van der Waals surface area contributed by atoms with Gasteiger partial charge in [0.2, 0.25) is 0 Å². The zero-order valence-corrected chi connectivity index (χ0v) is 14.8. The molecule has 0 saturated carbocycles. The predicted molar refractivity (Wildman–Crippen MR) is 92.6 cm³/mol. The van der Waals surface area contributed by atoms with E-state index in [0.29, 0.717) is 19.0 Å². The third-order valence-electron chi connectivity index (χ3n) is 5.72. The van der Waals surface area contributed by atoms with Crippen LogP contribution in [0.3, 0.4) is 0 Å². The monoisotopic (exact) mass is 368 g/mol. The van der Waals surface area contributed by atoms with E-state index < -0.39 is 11.6 Å². The third-order valence-corrected chi connectivity index (χ3v) is 5.72. The number of nitrogens with zero attached hydrogens (tertiary/aromatic N) is 2. The van der Waals surface area contributed by atoms with Crippen molar-refractivity contribution < 1.29 is 23.8 Å². The van der Waals surface area contributed by atoms with Crippen molar-refractivity contribution in [2.75, 3.05) is 45.9 Å². The minimum atomic E-state index is -1.03. The van der Waals surface area contributed by atoms with Gasteiger partial charge in [0.05, 0.1) is 0 Å². The number of hydrogen-bond donors (Lipinski definition) is 2. The molecule has 0 spiro atoms. The fraction of sp³-hybridized carbons (Fsp3) is 0.632. The van der Waals surface area contributed by atoms with Crippen LogP contribution in [0.4, 0.5) is 8.78 Å². The summed E-state index contributed by atoms with van der Waals surface area (Å²) in [5, 5.41) is 18.9. The molecule has 0 aromatic heterocycles. The maximum absolute atomic E-state index is 13.4. The van der Waals surface area contributed by atoms with Crippen molar-refractivity contribution in [2.24, 2.45) is 17.8 Å². The van der Waals surface area contributed by atoms with Gasteiger partial charge in [0, 0.05) is 44.3 Å². The summed E-state index contributed by atoms with van der Waals surface area (Å²) in [4.78, 5) is 16.6. The smallest absolute Gasteiger partial charge is 0.253 e. The number of carbonyl (C=O) groups excluding carboxylic acids is 1. The van der Waals surface area contributed by atoms with Crippen LogP contribution >= 0.6 is 0 Å². The maximum atomic E-state index is 13.4. The summed E-state index contributed by atoms with van der Waals surface area (Å²) in [6.45, 7) is 3.78. The predicted octanol–water partition coefficient (Wildman–Crippen LogP) is 1.35. The summed E-state index contributed by atoms with van der Waals surface area (Å²) >= 11 is 0. The van der Waals surface area contributed by atoms with Gasteiger partial charge in [-0.1, -0.05) is 0 Å². The van der Waals surface area contributed by atoms with E-state index in [1.54, 1.807) is 4.90 Å². The number of amides is 1. The number of hydrogen-bond acceptors (Lipinski definition) is 4. The first kappa shape index (κ1) is 19.2. The van der Waals surface area contributed by atoms with Gasteiger partial charge in [0.25, 0.3) is 5.91 Å². The van der Waals surface area contributed by atoms with Crippen molar-refractivity contribution in [3.63, 3.8) is 0 Å². The first-order valence-corrected chi connectivity index (χ1v) is 9.20. The van der Waals surface area contributed by atoms with Gasteiger partial charge < -0.3 is 20.0 Å². The molecule has 2 fully saturated rings. The van der Waals surface area contributed by atoms with Crippen LogP contribution in [0.5, 0.6) is 0 Å². The largest absolute Gasteiger partial charge is 0.396 e. The van der Waals surface area contributed by atoms with Crippen LogP contribution in [0.1, 0.15) is 23.2 Å². The summed E-state index contributed by atoms with van der Waals surface area (Å²) in [7, 11) is 0. The number of rotatable bonds is 5. The molecule has 0 bridgehead atoms. The second-order valence-corrected chi connectivity index (χ2v) is 7.47. The number of piperidine rings is 1. The molecule has 2 aliphatic rings. The molecule has 1 aromatic carbocycles. The first-order valence-electron chi connectivity index (χ1n) is 9.20. The van der Waals surface area contributed by atoms with Gasteiger partial charge in [-0.15, -0.1) is 0 Å². The standard InChI is InChI=1S/C19H26F2N2O3/c20-17-2-1-14(7-18(17)21)19(26)23-9-15(16(10-23)12-25)8-22-5-3-13(11-24)4-6-22/h1-2,7,13,15-16,24-25H,3-6,8-12H2/t15-,16-/m0/s1. The van der Waals surface area contributed by atoms with E-state index in [1.165, 1.54) is 6.07 Å². The van der Waals surface area contributed by atoms with E-state index in [9.17, 15) is 23.8 Å². The maximum Gasteiger partial charge on any atom is 0.253 e. The number of halogens is 2. The molecule has 3 rings (SSSR count). The molecule has 0 unspecified atom stereocenters. The number of likely N-dealkylation sites (tertiary alicyclic amines) is 2. The third kappa shape index (κ3) is 4.22. The number of aliphatic hydroxyl groups is 2. The lowest BCUT2D eigenvalue weighted by Gasteiger charge is -2.33. The van der Waals surface area contributed by atoms with E-state index in [4.69, 9.17) is 0 Å². The van der Waals surface area contributed by atoms with Crippen molar-refractivity contribution in [1.82, 2.24) is 9.80 Å². The van der Waals surface area contributed by atoms with Gasteiger partial charge >= 0.3 is 0 Å². The second kappa shape index (κ2) is 8.41. The Morgan fingerprint density at radius 2 is 1.73 bits per heavy atom. The van der Waals surface area contributed by atoms with Crippen molar-refractivity contribution >= 4 is 5.91 Å². The highest BCUT2D eigenvalue weighted by Gasteiger charge is 2.36. The highest BCUT2D eigenvalue weighted by Crippen LogP contribution is 2.27. The van der Waals surface area contributed by atoms with Gasteiger partial charge in [0.15, 0.2) is 11.6 Å². The molecule has 2 atom stereocenters. The van der Waals surface area contributed by atoms with Crippen molar-refractivity contribution in [3.8, 4) is 0 Å². The molecule has 144 valence electrons. The number of benzene rings is 1. The Hall–Kier alpha value is -1.57. The Bertz CT molecular complexity index is 635. The van der Waals surface area contributed by atoms with Crippen LogP contribution in [0, 0.1) is 29.4 Å². The SMILES string of the molecule is O=C(c1ccc(F)c(F)c1)N1C[C@@H](CO)[C@@H](CN2CCC(CO)CC2)C1. The number of aliphatic hydroxyl groups excluding tert-OH is 2. The normalized spacial score (nSPS) is 25.0. The van der Waals surface area contributed by atoms with E-state index in [2.05, 4.69) is 4.90 Å². The highest BCUT2D eigenvalue weighted by atomic mass is 19.2. The van der Waals surface area contributed by atoms with Crippen LogP contribution in [0.2, 0.25) is 0 Å². The molecule has 0 radical (unpaired) electrons. The van der Waals surface area contributed by atoms with E-state index in [1.807, 2.05) is 0 Å². The minimum absolute atomic E-state index is 0.000664. The van der Waals surface area contributed by atoms with Gasteiger partial charge in [-0.2, -0.15) is 0 Å². The Kier molecular flexibility index (Phi) is 6.21. The van der Waals surface area contributed by atoms with Crippen LogP contribution in [-0.4, -0.2) is 71.9 Å². The van der Waals surface area contributed by atoms with E-state index in [-0.39, 0.29) is 36.5 Å². The van der Waals surface area contributed by atoms with Crippen molar-refractivity contribution in [1.29, 1.82) is 0 Å². The van der Waals surface area contributed by atoms with Crippen molar-refractivity contribution in [2.45, 2.75) is 12.8 Å². The minimum Gasteiger partial charge on any atom is -0.396 e. The lowest BCUT2D eigenvalue weighted by atomic mass is 9.93. The van der Waals surface area contributed by atoms with Gasteiger partial charge in [-0.3, -0.25) is 4.79 Å². The zero-order chi connectivity index (χ0) is 18.7. The van der Waals surface area contributed by atoms with Gasteiger partial charge in [-0.05, 0) is 56.0 Å². The van der Waals surface area contributed by atoms with Crippen LogP contribution in [-0.2, 0) is 0 Å². The summed E-state index contributed by atoms with van der Waals surface area (Å²) in [5.74, 6) is -1.82. The summed E-state index contributed by atoms with van der Waals surface area (Å²) < 4.78 is 26.5. The van der Waals surface area contributed by atoms with Crippen LogP contribution in [0.15, 0.2) is 18.2 Å². The Labute approximate surface area is 152 Å². The average molecular weight is 368 g/mol. The first-order chi connectivity index (χ1) is 12.5. The molecular weight excluding hydrogens is 342 g/mol. The Balaban J connectivity index is 1.61. The molecule has 7 heteroatoms. The van der Waals surface area contributed by atoms with E-state index in [0.717, 1.165) is 44.6 Å². The topological polar surface area (TPSA) is 64.0 Å². The highest BCUT2D eigenvalue weighted by molar-refractivity contribution is 5.94. The summed E-state index contributed by atoms with van der Waals surface area (Å²) in [6, 6.07) is 3.19. The van der Waals surface area contributed by atoms with E-state index >= 15 is 0 Å². The lowest BCUT2D eigenvalue weighted by molar-refractivity contribution is 0.0775. The fourth-order valence-electron chi connectivity index (χ4n) is 4.01. The molecule has 0 aliphatic carbocycles. The van der Waals surface area contributed by atoms with Gasteiger partial charge in [0.1, 0.15) is 0 Å². The quantitative estimate of drug-likeness (QED) is 0.824. The molecule has 5 nitrogen and oxygen atoms in total. The summed E-state index contributed by atoms with van der Waals surface area (Å²) in [5.41, 5.74) is 0.130. The molecule has 2 saturated heterocycles. The van der Waals surface area contributed by atoms with Crippen LogP contribution < -0.4 is 0 Å². The molecule has 26 heavy (non-hydrogen) atoms. The molecule has 2 heterocycles. The second-order valence-electron chi connectivity index (χ2n) is 7.47. The molecule has 2 aliphatic heterocycles. The molecular formula is C19H26F2N2O3. The van der Waals surface area contributed by atoms with Gasteiger partial charge in [-0.25, -0.2) is 8.78 Å². The zero-order valence-electron chi connectivity index (χ0n) is 14.8. The van der Waals surface area contributed by atoms with Crippen molar-refractivity contribution in [3.05, 3.63) is 35.4 Å². The Morgan fingerprint density at radius 1 is 1.04 bits per heavy atom. The lowest BCUT2D eigenvalue weighted by Crippen LogP contribution is -2.40. The number of carbonyl (C=O) groups is 1. The average Bonchev–Trinajstić information content (AvgIpc) is 3.07. The summed E-state index contributed by atoms with van der Waals surface area (Å²) in [6.07, 6.45) is 1.93. The van der Waals surface area contributed by atoms with Crippen LogP contribution in [0.25, 0.3) is 0 Å².